The van der Waals surface area contributed by atoms with Crippen molar-refractivity contribution in [3.8, 4) is 0 Å². The fraction of sp³-hybridized carbons (Fsp3) is 0. The van der Waals surface area contributed by atoms with E-state index in [0.717, 1.165) is 0 Å². The van der Waals surface area contributed by atoms with Crippen molar-refractivity contribution in [3.63, 3.8) is 0 Å². The first kappa shape index (κ1) is 181. The van der Waals surface area contributed by atoms with Crippen molar-refractivity contribution in [1.82, 2.24) is 0 Å². The number of hydrogen-bond donors (Lipinski definition) is 0. The maximum absolute atomic E-state index is 0. The predicted molar refractivity (Wildman–Crippen MR) is 111 cm³/mol. The molecule has 0 fully saturated rings. The number of rotatable bonds is 0. The molecule has 18 heteroatoms. The molecule has 0 spiro atoms. The van der Waals surface area contributed by atoms with E-state index in [1.807, 2.05) is 0 Å². The molecule has 0 nitrogen and oxygen atoms in total. The molecule has 0 N–H and O–H groups in total. The Morgan fingerprint density at radius 2 is 0.444 bits per heavy atom. The van der Waals surface area contributed by atoms with Gasteiger partial charge in [-0.2, -0.15) is 0 Å². The summed E-state index contributed by atoms with van der Waals surface area (Å²) in [5, 5.41) is 0. The molecule has 0 aromatic rings. The first-order chi connectivity index (χ1) is 0. The largest absolute Gasteiger partial charge is 2.00 e. The average Bonchev–Trinajstić information content (AvgIpc) is 0. The van der Waals surface area contributed by atoms with Crippen LogP contribution in [0, 0.1) is 0 Å². The summed E-state index contributed by atoms with van der Waals surface area (Å²) in [6.07, 6.45) is 0. The van der Waals surface area contributed by atoms with Gasteiger partial charge < -0.3 is 15.7 Å². The monoisotopic (exact) mass is 839 g/mol. The first-order valence-corrected chi connectivity index (χ1v) is 0. The van der Waals surface area contributed by atoms with Crippen LogP contribution in [-0.2, 0) is 19.5 Å². The molecule has 0 aliphatic heterocycles. The van der Waals surface area contributed by atoms with E-state index in [4.69, 9.17) is 0 Å². The van der Waals surface area contributed by atoms with E-state index in [1.54, 1.807) is 0 Å². The molecule has 18 heavy (non-hydrogen) atoms. The molecule has 104 valence electrons. The Kier molecular flexibility index (Phi) is 1640. The van der Waals surface area contributed by atoms with E-state index in [2.05, 4.69) is 0 Å². The summed E-state index contributed by atoms with van der Waals surface area (Å²) in [6, 6.07) is 0. The van der Waals surface area contributed by atoms with Gasteiger partial charge in [-0.25, -0.2) is 0 Å². The van der Waals surface area contributed by atoms with Crippen LogP contribution in [0.4, 0.5) is 14.1 Å². The Morgan fingerprint density at radius 3 is 0.444 bits per heavy atom. The van der Waals surface area contributed by atoms with Gasteiger partial charge in [0.2, 0.25) is 0 Å². The zero-order chi connectivity index (χ0) is 0. The molecule has 0 radical (unpaired) electrons. The third-order valence-electron chi connectivity index (χ3n) is 0. The van der Waals surface area contributed by atoms with Crippen LogP contribution in [0.15, 0.2) is 0 Å². The van der Waals surface area contributed by atoms with E-state index in [-0.39, 0.29) is 401 Å². The molecule has 0 unspecified atom stereocenters. The Labute approximate surface area is 390 Å². The average molecular weight is 846 g/mol. The molecule has 0 atom stereocenters. The van der Waals surface area contributed by atoms with Crippen molar-refractivity contribution in [1.29, 1.82) is 0 Å². The van der Waals surface area contributed by atoms with Gasteiger partial charge >= 0.3 is 240 Å². The van der Waals surface area contributed by atoms with Crippen molar-refractivity contribution in [3.05, 3.63) is 0 Å². The molecule has 0 bridgehead atoms. The molecule has 0 saturated carbocycles. The smallest absolute Gasteiger partial charge is 1.00 e. The molecule has 0 amide bonds. The third kappa shape index (κ3) is 146. The number of hydrogen-bond acceptors (Lipinski definition) is 0. The minimum absolute atomic E-state index is 0. The Hall–Kier alpha value is 11.5. The van der Waals surface area contributed by atoms with E-state index in [1.165, 1.54) is 0 Å². The van der Waals surface area contributed by atoms with Gasteiger partial charge in [-0.15, -0.1) is 112 Å². The van der Waals surface area contributed by atoms with Gasteiger partial charge in [-0.05, 0) is 0 Å². The predicted octanol–water partition coefficient (Wildman–Crippen LogP) is -5.20. The van der Waals surface area contributed by atoms with Gasteiger partial charge in [0.05, 0.1) is 0 Å². The van der Waals surface area contributed by atoms with Crippen molar-refractivity contribution in [2.45, 2.75) is 0 Å². The second-order valence-electron chi connectivity index (χ2n) is 0. The van der Waals surface area contributed by atoms with E-state index in [9.17, 15) is 0 Å². The maximum Gasteiger partial charge on any atom is 2.00 e. The Bertz CT molecular complexity index is 75.8. The standard InChI is InChI=1S/3BrH.4Ca.3ClH.3FH.HI.3Na.Zn.11H/h3*1H;;;;;7*1H;;;;;;;;;;;;;;;/q;;;4*+2;;;;;;;;3*+1;;11*-1. The normalized spacial score (nSPS) is 0. The summed E-state index contributed by atoms with van der Waals surface area (Å²) in [6.45, 7) is 0. The summed E-state index contributed by atoms with van der Waals surface area (Å²) in [4.78, 5) is 0. The molecule has 0 heterocycles. The van der Waals surface area contributed by atoms with Crippen molar-refractivity contribution >= 4 is 263 Å². The molecular weight excluding hydrogens is 825 g/mol. The zero-order valence-electron chi connectivity index (χ0n) is 21.6. The molecule has 0 aliphatic carbocycles. The van der Waals surface area contributed by atoms with Gasteiger partial charge in [0.1, 0.15) is 0 Å². The quantitative estimate of drug-likeness (QED) is 0.169. The van der Waals surface area contributed by atoms with Crippen molar-refractivity contribution in [2.24, 2.45) is 0 Å². The van der Waals surface area contributed by atoms with Gasteiger partial charge in [0.25, 0.3) is 0 Å². The summed E-state index contributed by atoms with van der Waals surface area (Å²) in [7, 11) is 0. The van der Waals surface area contributed by atoms with Gasteiger partial charge in [0.15, 0.2) is 0 Å². The van der Waals surface area contributed by atoms with Crippen LogP contribution in [-0.4, -0.2) is 151 Å². The maximum atomic E-state index is 0. The van der Waals surface area contributed by atoms with Crippen LogP contribution in [0.2, 0.25) is 0 Å². The minimum atomic E-state index is 0. The summed E-state index contributed by atoms with van der Waals surface area (Å²) >= 11 is 0. The zero-order valence-corrected chi connectivity index (χ0v) is 38.3. The molecule has 0 saturated heterocycles. The molecular formula is H21Br3Ca4Cl3F3INa3Zn. The molecule has 0 aromatic carbocycles. The van der Waals surface area contributed by atoms with E-state index in [0.29, 0.717) is 0 Å². The Morgan fingerprint density at radius 1 is 0.444 bits per heavy atom. The summed E-state index contributed by atoms with van der Waals surface area (Å²) in [5.41, 5.74) is 0. The molecule has 0 rings (SSSR count). The van der Waals surface area contributed by atoms with E-state index >= 15 is 0 Å². The Balaban J connectivity index is 0. The second kappa shape index (κ2) is 163. The van der Waals surface area contributed by atoms with E-state index < -0.39 is 0 Å². The summed E-state index contributed by atoms with van der Waals surface area (Å²) < 4.78 is 0. The fourth-order valence-corrected chi connectivity index (χ4v) is 0. The SMILES string of the molecule is Br.Br.Br.Cl.Cl.Cl.F.F.F.I.[Ca+2].[Ca+2].[Ca+2].[Ca+2].[H-].[H-].[H-].[H-].[H-].[H-].[H-].[H-].[H-].[H-].[H-].[Na+].[Na+].[Na+].[Zn]. The van der Waals surface area contributed by atoms with Gasteiger partial charge in [-0.3, -0.25) is 14.1 Å². The first-order valence-electron chi connectivity index (χ1n) is 0. The number of halogens is 10. The van der Waals surface area contributed by atoms with Crippen LogP contribution in [0.1, 0.15) is 15.7 Å². The van der Waals surface area contributed by atoms with Crippen molar-refractivity contribution < 1.29 is 138 Å². The third-order valence-corrected chi connectivity index (χ3v) is 0. The van der Waals surface area contributed by atoms with Crippen molar-refractivity contribution in [2.75, 3.05) is 0 Å². The topological polar surface area (TPSA) is 0 Å². The molecule has 0 aromatic heterocycles. The van der Waals surface area contributed by atoms with Crippen LogP contribution >= 0.6 is 112 Å². The summed E-state index contributed by atoms with van der Waals surface area (Å²) in [5.74, 6) is 0. The molecule has 0 aliphatic rings. The van der Waals surface area contributed by atoms with Crippen LogP contribution in [0.5, 0.6) is 0 Å². The minimum Gasteiger partial charge on any atom is -1.00 e. The van der Waals surface area contributed by atoms with Crippen LogP contribution in [0.25, 0.3) is 0 Å². The van der Waals surface area contributed by atoms with Crippen LogP contribution < -0.4 is 88.7 Å². The second-order valence-corrected chi connectivity index (χ2v) is 0. The fourth-order valence-electron chi connectivity index (χ4n) is 0. The van der Waals surface area contributed by atoms with Gasteiger partial charge in [-0.1, -0.05) is 0 Å². The van der Waals surface area contributed by atoms with Gasteiger partial charge in [0, 0.05) is 19.5 Å². The van der Waals surface area contributed by atoms with Crippen LogP contribution in [0.3, 0.4) is 0 Å².